The van der Waals surface area contributed by atoms with E-state index in [2.05, 4.69) is 52.4 Å². The van der Waals surface area contributed by atoms with E-state index in [9.17, 15) is 10.1 Å². The fourth-order valence-corrected chi connectivity index (χ4v) is 4.28. The van der Waals surface area contributed by atoms with E-state index in [0.29, 0.717) is 28.6 Å². The summed E-state index contributed by atoms with van der Waals surface area (Å²) in [5.74, 6) is 0.0442. The van der Waals surface area contributed by atoms with Crippen LogP contribution in [0.4, 0.5) is 5.69 Å². The molecule has 0 saturated carbocycles. The number of nitrogens with one attached hydrogen (secondary N) is 1. The van der Waals surface area contributed by atoms with Crippen LogP contribution in [-0.2, 0) is 11.4 Å². The van der Waals surface area contributed by atoms with Gasteiger partial charge in [-0.3, -0.25) is 4.79 Å². The van der Waals surface area contributed by atoms with E-state index >= 15 is 0 Å². The maximum Gasteiger partial charge on any atom is 0.266 e. The second-order valence-corrected chi connectivity index (χ2v) is 9.46. The number of halogens is 2. The van der Waals surface area contributed by atoms with Gasteiger partial charge in [0.05, 0.1) is 0 Å². The molecule has 6 heteroatoms. The molecule has 0 unspecified atom stereocenters. The number of aryl methyl sites for hydroxylation is 2. The number of nitrogens with zero attached hydrogens (tertiary/aromatic N) is 1. The normalized spacial score (nSPS) is 11.2. The topological polar surface area (TPSA) is 62.1 Å². The van der Waals surface area contributed by atoms with Crippen LogP contribution in [0.15, 0.2) is 82.8 Å². The number of rotatable bonds is 6. The highest BCUT2D eigenvalue weighted by molar-refractivity contribution is 9.10. The molecule has 0 fully saturated rings. The molecule has 4 rings (SSSR count). The quantitative estimate of drug-likeness (QED) is 0.197. The van der Waals surface area contributed by atoms with Crippen molar-refractivity contribution in [3.63, 3.8) is 0 Å². The summed E-state index contributed by atoms with van der Waals surface area (Å²) in [5.41, 5.74) is 4.21. The van der Waals surface area contributed by atoms with Crippen molar-refractivity contribution in [2.45, 2.75) is 20.5 Å². The molecule has 0 aliphatic carbocycles. The molecular weight excluding hydrogens is 524 g/mol. The molecule has 1 amide bonds. The second-order valence-electron chi connectivity index (χ2n) is 8.14. The zero-order valence-electron chi connectivity index (χ0n) is 19.2. The van der Waals surface area contributed by atoms with Gasteiger partial charge in [0.1, 0.15) is 24.0 Å². The molecule has 0 bridgehead atoms. The molecule has 0 heterocycles. The molecule has 4 aromatic rings. The Morgan fingerprint density at radius 1 is 1.06 bits per heavy atom. The molecule has 35 heavy (non-hydrogen) atoms. The standard InChI is InChI=1S/C29H22BrClN2O2/c1-18-7-9-20-5-3-4-6-25(20)26(18)17-35-28-12-10-23(30)14-21(28)13-22(16-32)29(34)33-24-11-8-19(2)27(31)15-24/h3-15H,17H2,1-2H3,(H,33,34)/b22-13+. The van der Waals surface area contributed by atoms with Gasteiger partial charge < -0.3 is 10.1 Å². The van der Waals surface area contributed by atoms with Crippen molar-refractivity contribution in [2.24, 2.45) is 0 Å². The number of carbonyl (C=O) groups excluding carboxylic acids is 1. The molecule has 0 aliphatic heterocycles. The van der Waals surface area contributed by atoms with Crippen LogP contribution in [0.1, 0.15) is 22.3 Å². The average molecular weight is 546 g/mol. The molecular formula is C29H22BrClN2O2. The first-order valence-electron chi connectivity index (χ1n) is 10.9. The van der Waals surface area contributed by atoms with Crippen molar-refractivity contribution in [1.29, 1.82) is 5.26 Å². The summed E-state index contributed by atoms with van der Waals surface area (Å²) in [6.07, 6.45) is 1.53. The number of nitriles is 1. The monoisotopic (exact) mass is 544 g/mol. The lowest BCUT2D eigenvalue weighted by Gasteiger charge is -2.14. The Morgan fingerprint density at radius 2 is 1.83 bits per heavy atom. The summed E-state index contributed by atoms with van der Waals surface area (Å²) in [4.78, 5) is 12.8. The van der Waals surface area contributed by atoms with Crippen molar-refractivity contribution in [1.82, 2.24) is 0 Å². The third kappa shape index (κ3) is 5.74. The zero-order valence-corrected chi connectivity index (χ0v) is 21.6. The Bertz CT molecular complexity index is 1500. The van der Waals surface area contributed by atoms with E-state index in [1.165, 1.54) is 6.08 Å². The van der Waals surface area contributed by atoms with Gasteiger partial charge in [-0.25, -0.2) is 0 Å². The summed E-state index contributed by atoms with van der Waals surface area (Å²) in [7, 11) is 0. The van der Waals surface area contributed by atoms with Gasteiger partial charge in [0.2, 0.25) is 0 Å². The van der Waals surface area contributed by atoms with Gasteiger partial charge in [0, 0.05) is 26.3 Å². The minimum Gasteiger partial charge on any atom is -0.488 e. The van der Waals surface area contributed by atoms with E-state index in [1.54, 1.807) is 12.1 Å². The van der Waals surface area contributed by atoms with Gasteiger partial charge in [-0.2, -0.15) is 5.26 Å². The maximum atomic E-state index is 12.8. The summed E-state index contributed by atoms with van der Waals surface area (Å²) < 4.78 is 7.02. The smallest absolute Gasteiger partial charge is 0.266 e. The van der Waals surface area contributed by atoms with E-state index in [-0.39, 0.29) is 5.57 Å². The molecule has 0 atom stereocenters. The summed E-state index contributed by atoms with van der Waals surface area (Å²) in [5, 5.41) is 15.3. The Labute approximate surface area is 217 Å². The zero-order chi connectivity index (χ0) is 24.9. The van der Waals surface area contributed by atoms with Gasteiger partial charge in [-0.15, -0.1) is 0 Å². The SMILES string of the molecule is Cc1ccc(NC(=O)/C(C#N)=C/c2cc(Br)ccc2OCc2c(C)ccc3ccccc23)cc1Cl. The molecule has 1 N–H and O–H groups in total. The van der Waals surface area contributed by atoms with Crippen LogP contribution in [0.2, 0.25) is 5.02 Å². The van der Waals surface area contributed by atoms with Gasteiger partial charge in [-0.05, 0) is 72.2 Å². The molecule has 4 aromatic carbocycles. The van der Waals surface area contributed by atoms with Crippen LogP contribution in [-0.4, -0.2) is 5.91 Å². The third-order valence-electron chi connectivity index (χ3n) is 5.71. The minimum absolute atomic E-state index is 0.0500. The second kappa shape index (κ2) is 10.8. The van der Waals surface area contributed by atoms with Gasteiger partial charge in [0.15, 0.2) is 0 Å². The Balaban J connectivity index is 1.61. The highest BCUT2D eigenvalue weighted by Gasteiger charge is 2.13. The third-order valence-corrected chi connectivity index (χ3v) is 6.61. The number of hydrogen-bond acceptors (Lipinski definition) is 3. The van der Waals surface area contributed by atoms with Gasteiger partial charge >= 0.3 is 0 Å². The van der Waals surface area contributed by atoms with Crippen molar-refractivity contribution >= 4 is 56.0 Å². The first-order chi connectivity index (χ1) is 16.9. The largest absolute Gasteiger partial charge is 0.488 e. The number of hydrogen-bond donors (Lipinski definition) is 1. The summed E-state index contributed by atoms with van der Waals surface area (Å²) in [6.45, 7) is 4.29. The van der Waals surface area contributed by atoms with Crippen molar-refractivity contribution in [3.05, 3.63) is 110 Å². The van der Waals surface area contributed by atoms with E-state index in [4.69, 9.17) is 16.3 Å². The van der Waals surface area contributed by atoms with Crippen molar-refractivity contribution in [2.75, 3.05) is 5.32 Å². The Kier molecular flexibility index (Phi) is 7.55. The molecule has 174 valence electrons. The molecule has 0 spiro atoms. The fourth-order valence-electron chi connectivity index (χ4n) is 3.72. The molecule has 0 aliphatic rings. The maximum absolute atomic E-state index is 12.8. The average Bonchev–Trinajstić information content (AvgIpc) is 2.85. The highest BCUT2D eigenvalue weighted by atomic mass is 79.9. The van der Waals surface area contributed by atoms with Gasteiger partial charge in [-0.1, -0.05) is 70.0 Å². The van der Waals surface area contributed by atoms with Crippen LogP contribution in [0.3, 0.4) is 0 Å². The fraction of sp³-hybridized carbons (Fsp3) is 0.103. The van der Waals surface area contributed by atoms with E-state index < -0.39 is 5.91 Å². The molecule has 4 nitrogen and oxygen atoms in total. The number of benzene rings is 4. The predicted octanol–water partition coefficient (Wildman–Crippen LogP) is 8.00. The number of carbonyl (C=O) groups is 1. The number of amides is 1. The highest BCUT2D eigenvalue weighted by Crippen LogP contribution is 2.29. The minimum atomic E-state index is -0.525. The first kappa shape index (κ1) is 24.5. The number of anilines is 1. The summed E-state index contributed by atoms with van der Waals surface area (Å²) >= 11 is 9.63. The lowest BCUT2D eigenvalue weighted by Crippen LogP contribution is -2.13. The number of fused-ring (bicyclic) bond motifs is 1. The van der Waals surface area contributed by atoms with Crippen molar-refractivity contribution in [3.8, 4) is 11.8 Å². The molecule has 0 saturated heterocycles. The lowest BCUT2D eigenvalue weighted by molar-refractivity contribution is -0.112. The van der Waals surface area contributed by atoms with E-state index in [1.807, 2.05) is 49.4 Å². The van der Waals surface area contributed by atoms with E-state index in [0.717, 1.165) is 31.9 Å². The van der Waals surface area contributed by atoms with Crippen LogP contribution >= 0.6 is 27.5 Å². The summed E-state index contributed by atoms with van der Waals surface area (Å²) in [6, 6.07) is 25.1. The van der Waals surface area contributed by atoms with Crippen LogP contribution < -0.4 is 10.1 Å². The van der Waals surface area contributed by atoms with Crippen molar-refractivity contribution < 1.29 is 9.53 Å². The Hall–Kier alpha value is -3.59. The van der Waals surface area contributed by atoms with Crippen LogP contribution in [0.5, 0.6) is 5.75 Å². The van der Waals surface area contributed by atoms with Crippen LogP contribution in [0.25, 0.3) is 16.8 Å². The lowest BCUT2D eigenvalue weighted by atomic mass is 10.0. The first-order valence-corrected chi connectivity index (χ1v) is 12.1. The van der Waals surface area contributed by atoms with Crippen LogP contribution in [0, 0.1) is 25.2 Å². The van der Waals surface area contributed by atoms with Gasteiger partial charge in [0.25, 0.3) is 5.91 Å². The molecule has 0 aromatic heterocycles. The predicted molar refractivity (Wildman–Crippen MR) is 146 cm³/mol. The Morgan fingerprint density at radius 3 is 2.60 bits per heavy atom. The number of ether oxygens (including phenoxy) is 1. The molecule has 0 radical (unpaired) electrons.